The second-order valence-corrected chi connectivity index (χ2v) is 13.8. The Morgan fingerprint density at radius 1 is 0.520 bits per heavy atom. The van der Waals surface area contributed by atoms with E-state index in [0.717, 1.165) is 94.9 Å². The molecule has 2 heterocycles. The van der Waals surface area contributed by atoms with Crippen molar-refractivity contribution < 1.29 is 18.9 Å². The molecule has 264 valence electrons. The third-order valence-corrected chi connectivity index (χ3v) is 11.2. The fraction of sp³-hybridized carbons (Fsp3) is 0.429. The second kappa shape index (κ2) is 15.7. The Kier molecular flexibility index (Phi) is 10.7. The zero-order valence-corrected chi connectivity index (χ0v) is 30.1. The van der Waals surface area contributed by atoms with E-state index in [1.54, 1.807) is 28.4 Å². The number of nitrogens with zero attached hydrogens (tertiary/aromatic N) is 4. The normalized spacial score (nSPS) is 21.2. The van der Waals surface area contributed by atoms with E-state index in [9.17, 15) is 0 Å². The van der Waals surface area contributed by atoms with Crippen LogP contribution in [0.3, 0.4) is 0 Å². The van der Waals surface area contributed by atoms with Crippen molar-refractivity contribution in [3.05, 3.63) is 108 Å². The van der Waals surface area contributed by atoms with Gasteiger partial charge >= 0.3 is 0 Å². The van der Waals surface area contributed by atoms with Gasteiger partial charge in [-0.25, -0.2) is 0 Å². The minimum absolute atomic E-state index is 0.177. The number of benzene rings is 4. The number of hydrogen-bond donors (Lipinski definition) is 0. The molecule has 7 rings (SSSR count). The summed E-state index contributed by atoms with van der Waals surface area (Å²) in [5.74, 6) is 4.01. The smallest absolute Gasteiger partial charge is 0.161 e. The predicted octanol–water partition coefficient (Wildman–Crippen LogP) is 6.60. The quantitative estimate of drug-likeness (QED) is 0.167. The van der Waals surface area contributed by atoms with Crippen LogP contribution in [-0.2, 0) is 0 Å². The van der Waals surface area contributed by atoms with Gasteiger partial charge in [-0.3, -0.25) is 9.80 Å². The van der Waals surface area contributed by atoms with Crippen LogP contribution in [0.25, 0.3) is 0 Å². The van der Waals surface area contributed by atoms with E-state index in [-0.39, 0.29) is 5.92 Å². The molecular formula is C42H52N4O4. The van der Waals surface area contributed by atoms with E-state index in [4.69, 9.17) is 18.9 Å². The number of methoxy groups -OCH3 is 4. The maximum Gasteiger partial charge on any atom is 0.161 e. The van der Waals surface area contributed by atoms with E-state index < -0.39 is 0 Å². The van der Waals surface area contributed by atoms with Crippen LogP contribution in [0.15, 0.2) is 91.0 Å². The van der Waals surface area contributed by atoms with Gasteiger partial charge in [0.05, 0.1) is 28.4 Å². The molecule has 1 aliphatic carbocycles. The molecule has 50 heavy (non-hydrogen) atoms. The van der Waals surface area contributed by atoms with Crippen molar-refractivity contribution in [2.45, 2.75) is 18.3 Å². The van der Waals surface area contributed by atoms with Gasteiger partial charge in [-0.05, 0) is 90.0 Å². The number of hydrogen-bond acceptors (Lipinski definition) is 8. The van der Waals surface area contributed by atoms with Gasteiger partial charge in [0, 0.05) is 76.2 Å². The van der Waals surface area contributed by atoms with Gasteiger partial charge < -0.3 is 28.7 Å². The molecule has 0 amide bonds. The molecule has 0 spiro atoms. The Morgan fingerprint density at radius 3 is 1.56 bits per heavy atom. The zero-order valence-electron chi connectivity index (χ0n) is 30.1. The van der Waals surface area contributed by atoms with Gasteiger partial charge in [0.1, 0.15) is 0 Å². The summed E-state index contributed by atoms with van der Waals surface area (Å²) >= 11 is 0. The van der Waals surface area contributed by atoms with Gasteiger partial charge in [-0.2, -0.15) is 0 Å². The van der Waals surface area contributed by atoms with Gasteiger partial charge in [0.2, 0.25) is 0 Å². The number of piperazine rings is 2. The van der Waals surface area contributed by atoms with Crippen LogP contribution in [-0.4, -0.2) is 104 Å². The summed E-state index contributed by atoms with van der Waals surface area (Å²) in [6.07, 6.45) is 1.09. The van der Waals surface area contributed by atoms with E-state index in [2.05, 4.69) is 111 Å². The highest BCUT2D eigenvalue weighted by molar-refractivity contribution is 5.57. The SMILES string of the molecule is COc1ccc(C2c3cc(OC)c(OC)cc3C(CCN3CCN(c4ccccc4)CC3)C2CN2CCN(c3ccccc3)CC2)cc1OC. The van der Waals surface area contributed by atoms with Crippen LogP contribution >= 0.6 is 0 Å². The molecule has 2 fully saturated rings. The first kappa shape index (κ1) is 34.1. The molecule has 0 N–H and O–H groups in total. The zero-order chi connectivity index (χ0) is 34.5. The lowest BCUT2D eigenvalue weighted by atomic mass is 9.80. The minimum Gasteiger partial charge on any atom is -0.493 e. The summed E-state index contributed by atoms with van der Waals surface area (Å²) in [4.78, 5) is 10.4. The second-order valence-electron chi connectivity index (χ2n) is 13.8. The summed E-state index contributed by atoms with van der Waals surface area (Å²) in [5.41, 5.74) is 6.61. The van der Waals surface area contributed by atoms with Gasteiger partial charge in [-0.15, -0.1) is 0 Å². The third kappa shape index (κ3) is 7.10. The Balaban J connectivity index is 1.18. The standard InChI is InChI=1S/C42H52N4O4/c1-47-38-16-15-31(27-39(38)48-2)42-36-29-41(50-4)40(49-3)28-35(36)34(17-18-43-19-23-45(24-20-43)32-11-7-5-8-12-32)37(42)30-44-21-25-46(26-22-44)33-13-9-6-10-14-33/h5-16,27-29,34,37,42H,17-26,30H2,1-4H3. The van der Waals surface area contributed by atoms with Crippen LogP contribution in [0.1, 0.15) is 34.9 Å². The van der Waals surface area contributed by atoms with Gasteiger partial charge in [0.15, 0.2) is 23.0 Å². The van der Waals surface area contributed by atoms with Crippen molar-refractivity contribution in [1.29, 1.82) is 0 Å². The third-order valence-electron chi connectivity index (χ3n) is 11.2. The molecule has 0 saturated carbocycles. The van der Waals surface area contributed by atoms with E-state index >= 15 is 0 Å². The largest absolute Gasteiger partial charge is 0.493 e. The average Bonchev–Trinajstić information content (AvgIpc) is 3.48. The maximum atomic E-state index is 5.91. The summed E-state index contributed by atoms with van der Waals surface area (Å²) in [7, 11) is 6.91. The highest BCUT2D eigenvalue weighted by Crippen LogP contribution is 2.55. The maximum absolute atomic E-state index is 5.91. The summed E-state index contributed by atoms with van der Waals surface area (Å²) in [5, 5.41) is 0. The lowest BCUT2D eigenvalue weighted by molar-refractivity contribution is 0.185. The van der Waals surface area contributed by atoms with Crippen LogP contribution < -0.4 is 28.7 Å². The van der Waals surface area contributed by atoms with Crippen LogP contribution in [0, 0.1) is 5.92 Å². The summed E-state index contributed by atoms with van der Waals surface area (Å²) < 4.78 is 23.3. The number of anilines is 2. The van der Waals surface area contributed by atoms with Crippen molar-refractivity contribution in [3.8, 4) is 23.0 Å². The van der Waals surface area contributed by atoms with Crippen LogP contribution in [0.4, 0.5) is 11.4 Å². The van der Waals surface area contributed by atoms with Crippen molar-refractivity contribution in [3.63, 3.8) is 0 Å². The molecule has 0 aromatic heterocycles. The Bertz CT molecular complexity index is 1690. The number of fused-ring (bicyclic) bond motifs is 1. The fourth-order valence-electron chi connectivity index (χ4n) is 8.59. The molecule has 3 atom stereocenters. The molecule has 2 saturated heterocycles. The first-order valence-electron chi connectivity index (χ1n) is 18.1. The molecule has 8 heteroatoms. The number of rotatable bonds is 12. The lowest BCUT2D eigenvalue weighted by Gasteiger charge is -2.40. The molecule has 0 bridgehead atoms. The van der Waals surface area contributed by atoms with Crippen LogP contribution in [0.2, 0.25) is 0 Å². The monoisotopic (exact) mass is 676 g/mol. The van der Waals surface area contributed by atoms with Crippen LogP contribution in [0.5, 0.6) is 23.0 Å². The fourth-order valence-corrected chi connectivity index (χ4v) is 8.59. The highest BCUT2D eigenvalue weighted by Gasteiger charge is 2.43. The molecule has 8 nitrogen and oxygen atoms in total. The minimum atomic E-state index is 0.177. The first-order chi connectivity index (χ1) is 24.6. The number of para-hydroxylation sites is 2. The summed E-state index contributed by atoms with van der Waals surface area (Å²) in [6.45, 7) is 10.5. The topological polar surface area (TPSA) is 49.9 Å². The Morgan fingerprint density at radius 2 is 1.02 bits per heavy atom. The summed E-state index contributed by atoms with van der Waals surface area (Å²) in [6, 6.07) is 32.7. The van der Waals surface area contributed by atoms with E-state index in [0.29, 0.717) is 11.8 Å². The number of ether oxygens (including phenoxy) is 4. The van der Waals surface area contributed by atoms with Crippen molar-refractivity contribution in [1.82, 2.24) is 9.80 Å². The predicted molar refractivity (Wildman–Crippen MR) is 202 cm³/mol. The van der Waals surface area contributed by atoms with Crippen molar-refractivity contribution in [2.75, 3.05) is 104 Å². The Labute approximate surface area is 298 Å². The van der Waals surface area contributed by atoms with E-state index in [1.165, 1.54) is 28.1 Å². The van der Waals surface area contributed by atoms with Crippen molar-refractivity contribution in [2.24, 2.45) is 5.92 Å². The van der Waals surface area contributed by atoms with Gasteiger partial charge in [0.25, 0.3) is 0 Å². The lowest BCUT2D eigenvalue weighted by Crippen LogP contribution is -2.49. The molecule has 3 aliphatic rings. The molecule has 3 unspecified atom stereocenters. The van der Waals surface area contributed by atoms with Gasteiger partial charge in [-0.1, -0.05) is 42.5 Å². The van der Waals surface area contributed by atoms with E-state index in [1.807, 2.05) is 0 Å². The molecule has 4 aromatic carbocycles. The molecular weight excluding hydrogens is 624 g/mol. The highest BCUT2D eigenvalue weighted by atomic mass is 16.5. The average molecular weight is 677 g/mol. The molecule has 4 aromatic rings. The first-order valence-corrected chi connectivity index (χ1v) is 18.1. The molecule has 2 aliphatic heterocycles. The Hall–Kier alpha value is -4.40. The van der Waals surface area contributed by atoms with Crippen molar-refractivity contribution >= 4 is 11.4 Å². The molecule has 0 radical (unpaired) electrons.